The molecule has 30 heavy (non-hydrogen) atoms. The number of amides is 1. The number of likely N-dealkylation sites (N-methyl/N-ethyl adjacent to an activating group) is 1. The van der Waals surface area contributed by atoms with E-state index in [9.17, 15) is 4.79 Å². The topological polar surface area (TPSA) is 83.5 Å². The van der Waals surface area contributed by atoms with Gasteiger partial charge in [0.15, 0.2) is 0 Å². The van der Waals surface area contributed by atoms with Gasteiger partial charge in [-0.25, -0.2) is 4.98 Å². The number of nitrogens with one attached hydrogen (secondary N) is 1. The summed E-state index contributed by atoms with van der Waals surface area (Å²) in [6, 6.07) is 6.24. The van der Waals surface area contributed by atoms with Gasteiger partial charge in [-0.05, 0) is 31.9 Å². The number of pyridine rings is 1. The number of hydrogen-bond acceptors (Lipinski definition) is 8. The zero-order valence-corrected chi connectivity index (χ0v) is 18.5. The highest BCUT2D eigenvalue weighted by Crippen LogP contribution is 2.25. The molecule has 1 saturated heterocycles. The van der Waals surface area contributed by atoms with Gasteiger partial charge in [-0.1, -0.05) is 36.7 Å². The summed E-state index contributed by atoms with van der Waals surface area (Å²) in [6.07, 6.45) is 5.87. The highest BCUT2D eigenvalue weighted by Gasteiger charge is 2.28. The van der Waals surface area contributed by atoms with Gasteiger partial charge < -0.3 is 15.0 Å². The molecular formula is C21H30N6O2S. The third-order valence-electron chi connectivity index (χ3n) is 5.89. The van der Waals surface area contributed by atoms with Crippen molar-refractivity contribution in [2.75, 3.05) is 38.6 Å². The maximum Gasteiger partial charge on any atom is 0.236 e. The van der Waals surface area contributed by atoms with Gasteiger partial charge >= 0.3 is 0 Å². The Balaban J connectivity index is 1.35. The van der Waals surface area contributed by atoms with Crippen molar-refractivity contribution in [3.8, 4) is 0 Å². The van der Waals surface area contributed by atoms with Crippen LogP contribution in [0.2, 0.25) is 0 Å². The van der Waals surface area contributed by atoms with Crippen LogP contribution < -0.4 is 5.32 Å². The second-order valence-corrected chi connectivity index (χ2v) is 9.27. The number of anilines is 2. The summed E-state index contributed by atoms with van der Waals surface area (Å²) in [5, 5.41) is 12.9. The number of hydrogen-bond donors (Lipinski definition) is 1. The molecule has 0 bridgehead atoms. The Bertz CT molecular complexity index is 854. The van der Waals surface area contributed by atoms with Crippen molar-refractivity contribution in [3.63, 3.8) is 0 Å². The van der Waals surface area contributed by atoms with E-state index in [1.165, 1.54) is 30.6 Å². The van der Waals surface area contributed by atoms with Crippen LogP contribution in [0.4, 0.5) is 10.9 Å². The number of carbonyl (C=O) groups is 1. The number of carbonyl (C=O) groups excluding carboxylic acids is 1. The lowest BCUT2D eigenvalue weighted by molar-refractivity contribution is -0.135. The van der Waals surface area contributed by atoms with Crippen molar-refractivity contribution in [3.05, 3.63) is 28.9 Å². The molecule has 8 nitrogen and oxygen atoms in total. The van der Waals surface area contributed by atoms with Crippen LogP contribution in [-0.2, 0) is 9.53 Å². The first-order chi connectivity index (χ1) is 14.6. The Morgan fingerprint density at radius 2 is 2.13 bits per heavy atom. The van der Waals surface area contributed by atoms with Gasteiger partial charge in [0.05, 0.1) is 18.8 Å². The molecular weight excluding hydrogens is 400 g/mol. The number of aryl methyl sites for hydroxylation is 1. The van der Waals surface area contributed by atoms with Crippen molar-refractivity contribution < 1.29 is 9.53 Å². The fraction of sp³-hybridized carbons (Fsp3) is 0.619. The van der Waals surface area contributed by atoms with E-state index in [4.69, 9.17) is 9.72 Å². The van der Waals surface area contributed by atoms with Crippen molar-refractivity contribution in [1.82, 2.24) is 25.0 Å². The molecule has 0 radical (unpaired) electrons. The van der Waals surface area contributed by atoms with Crippen molar-refractivity contribution in [1.29, 1.82) is 0 Å². The minimum Gasteiger partial charge on any atom is -0.369 e. The Morgan fingerprint density at radius 3 is 2.90 bits per heavy atom. The fourth-order valence-corrected chi connectivity index (χ4v) is 4.76. The van der Waals surface area contributed by atoms with E-state index in [0.717, 1.165) is 41.0 Å². The molecule has 1 aliphatic heterocycles. The van der Waals surface area contributed by atoms with Crippen LogP contribution in [0.5, 0.6) is 0 Å². The van der Waals surface area contributed by atoms with Crippen molar-refractivity contribution in [2.24, 2.45) is 0 Å². The Hall–Kier alpha value is -2.10. The van der Waals surface area contributed by atoms with Gasteiger partial charge in [0.2, 0.25) is 11.0 Å². The number of ether oxygens (including phenoxy) is 1. The maximum atomic E-state index is 12.8. The molecule has 0 spiro atoms. The Kier molecular flexibility index (Phi) is 6.91. The largest absolute Gasteiger partial charge is 0.369 e. The molecule has 2 aromatic heterocycles. The Labute approximate surface area is 181 Å². The second kappa shape index (κ2) is 9.80. The summed E-state index contributed by atoms with van der Waals surface area (Å²) in [5.74, 6) is 0.926. The molecule has 1 atom stereocenters. The molecule has 3 heterocycles. The molecule has 9 heteroatoms. The predicted octanol–water partition coefficient (Wildman–Crippen LogP) is 3.15. The van der Waals surface area contributed by atoms with Crippen molar-refractivity contribution in [2.45, 2.75) is 51.2 Å². The minimum absolute atomic E-state index is 0.149. The monoisotopic (exact) mass is 430 g/mol. The summed E-state index contributed by atoms with van der Waals surface area (Å²) >= 11 is 1.49. The first-order valence-corrected chi connectivity index (χ1v) is 11.5. The number of rotatable bonds is 6. The quantitative estimate of drug-likeness (QED) is 0.754. The van der Waals surface area contributed by atoms with Gasteiger partial charge in [-0.15, -0.1) is 10.2 Å². The first kappa shape index (κ1) is 21.1. The van der Waals surface area contributed by atoms with Crippen molar-refractivity contribution >= 4 is 28.2 Å². The van der Waals surface area contributed by atoms with E-state index >= 15 is 0 Å². The van der Waals surface area contributed by atoms with E-state index in [1.54, 1.807) is 0 Å². The van der Waals surface area contributed by atoms with Crippen LogP contribution in [0.3, 0.4) is 0 Å². The number of aromatic nitrogens is 3. The normalized spacial score (nSPS) is 20.8. The van der Waals surface area contributed by atoms with Crippen LogP contribution in [0.1, 0.15) is 48.9 Å². The fourth-order valence-electron chi connectivity index (χ4n) is 4.16. The minimum atomic E-state index is -0.149. The molecule has 1 amide bonds. The lowest BCUT2D eigenvalue weighted by Crippen LogP contribution is -2.47. The molecule has 1 aliphatic carbocycles. The smallest absolute Gasteiger partial charge is 0.236 e. The molecule has 162 valence electrons. The van der Waals surface area contributed by atoms with Gasteiger partial charge in [0.1, 0.15) is 16.9 Å². The second-order valence-electron chi connectivity index (χ2n) is 8.09. The average Bonchev–Trinajstić information content (AvgIpc) is 3.18. The third-order valence-corrected chi connectivity index (χ3v) is 6.64. The zero-order chi connectivity index (χ0) is 20.9. The molecule has 2 fully saturated rings. The molecule has 1 N–H and O–H groups in total. The van der Waals surface area contributed by atoms with Crippen LogP contribution in [0.15, 0.2) is 18.2 Å². The number of nitrogens with zero attached hydrogens (tertiary/aromatic N) is 5. The highest BCUT2D eigenvalue weighted by atomic mass is 32.1. The van der Waals surface area contributed by atoms with Crippen LogP contribution in [0.25, 0.3) is 0 Å². The van der Waals surface area contributed by atoms with Crippen LogP contribution in [-0.4, -0.2) is 70.2 Å². The van der Waals surface area contributed by atoms with E-state index in [-0.39, 0.29) is 12.0 Å². The SMILES string of the molecule is Cc1nnc(Nc2cccc(C3CN(CC(=O)N(C)C4CCCCC4)CCO3)n2)s1. The molecule has 1 saturated carbocycles. The predicted molar refractivity (Wildman–Crippen MR) is 117 cm³/mol. The third kappa shape index (κ3) is 5.33. The Morgan fingerprint density at radius 1 is 1.30 bits per heavy atom. The molecule has 2 aliphatic rings. The maximum absolute atomic E-state index is 12.8. The van der Waals surface area contributed by atoms with Crippen LogP contribution >= 0.6 is 11.3 Å². The summed E-state index contributed by atoms with van der Waals surface area (Å²) < 4.78 is 5.98. The average molecular weight is 431 g/mol. The van der Waals surface area contributed by atoms with Crippen LogP contribution in [0, 0.1) is 6.92 Å². The summed E-state index contributed by atoms with van der Waals surface area (Å²) in [5.41, 5.74) is 0.860. The molecule has 2 aromatic rings. The molecule has 4 rings (SSSR count). The summed E-state index contributed by atoms with van der Waals surface area (Å²) in [4.78, 5) is 21.7. The van der Waals surface area contributed by atoms with Gasteiger partial charge in [-0.3, -0.25) is 9.69 Å². The highest BCUT2D eigenvalue weighted by molar-refractivity contribution is 7.15. The van der Waals surface area contributed by atoms with E-state index in [2.05, 4.69) is 20.4 Å². The lowest BCUT2D eigenvalue weighted by atomic mass is 9.94. The van der Waals surface area contributed by atoms with E-state index < -0.39 is 0 Å². The summed E-state index contributed by atoms with van der Waals surface area (Å²) in [6.45, 7) is 4.39. The number of morpholine rings is 1. The zero-order valence-electron chi connectivity index (χ0n) is 17.7. The lowest BCUT2D eigenvalue weighted by Gasteiger charge is -2.36. The van der Waals surface area contributed by atoms with Gasteiger partial charge in [0, 0.05) is 26.2 Å². The standard InChI is InChI=1S/C21H30N6O2S/c1-15-24-25-21(30-15)23-19-10-6-9-17(22-19)18-13-27(11-12-29-18)14-20(28)26(2)16-7-4-3-5-8-16/h6,9-10,16,18H,3-5,7-8,11-14H2,1-2H3,(H,22,23,25). The molecule has 1 unspecified atom stereocenters. The summed E-state index contributed by atoms with van der Waals surface area (Å²) in [7, 11) is 1.96. The van der Waals surface area contributed by atoms with Gasteiger partial charge in [-0.2, -0.15) is 0 Å². The van der Waals surface area contributed by atoms with Gasteiger partial charge in [0.25, 0.3) is 0 Å². The van der Waals surface area contributed by atoms with E-state index in [1.807, 2.05) is 37.1 Å². The first-order valence-electron chi connectivity index (χ1n) is 10.7. The molecule has 0 aromatic carbocycles. The van der Waals surface area contributed by atoms with E-state index in [0.29, 0.717) is 25.7 Å².